The van der Waals surface area contributed by atoms with Gasteiger partial charge in [-0.05, 0) is 86.4 Å². The Bertz CT molecular complexity index is 453. The Hall–Kier alpha value is -0.300. The standard InChI is InChI=1S/C20H32O/c1-3-20-12-8-15(21)13-14(20)6-7-16-17-5-4-10-19(17,2)11-9-18(16)20/h13,15-18,21H,3-12H2,1-2H3/t15?,16-,17-,18-,19-,20-/m0/s1. The maximum Gasteiger partial charge on any atom is 0.0724 e. The van der Waals surface area contributed by atoms with E-state index in [9.17, 15) is 5.11 Å². The minimum atomic E-state index is -0.156. The van der Waals surface area contributed by atoms with Gasteiger partial charge in [0.2, 0.25) is 0 Å². The van der Waals surface area contributed by atoms with Crippen LogP contribution in [0.25, 0.3) is 0 Å². The summed E-state index contributed by atoms with van der Waals surface area (Å²) in [6.45, 7) is 5.01. The number of hydrogen-bond donors (Lipinski definition) is 1. The topological polar surface area (TPSA) is 20.2 Å². The summed E-state index contributed by atoms with van der Waals surface area (Å²) >= 11 is 0. The number of fused-ring (bicyclic) bond motifs is 5. The van der Waals surface area contributed by atoms with Crippen molar-refractivity contribution in [3.8, 4) is 0 Å². The molecule has 3 saturated carbocycles. The second kappa shape index (κ2) is 4.85. The van der Waals surface area contributed by atoms with Crippen LogP contribution in [0.2, 0.25) is 0 Å². The van der Waals surface area contributed by atoms with Crippen molar-refractivity contribution in [2.75, 3.05) is 0 Å². The zero-order valence-electron chi connectivity index (χ0n) is 13.9. The van der Waals surface area contributed by atoms with Crippen molar-refractivity contribution in [1.29, 1.82) is 0 Å². The van der Waals surface area contributed by atoms with Crippen molar-refractivity contribution >= 4 is 0 Å². The molecule has 0 amide bonds. The Kier molecular flexibility index (Phi) is 3.30. The second-order valence-corrected chi connectivity index (χ2v) is 8.81. The van der Waals surface area contributed by atoms with E-state index in [0.717, 1.165) is 24.2 Å². The van der Waals surface area contributed by atoms with Crippen molar-refractivity contribution in [1.82, 2.24) is 0 Å². The quantitative estimate of drug-likeness (QED) is 0.666. The van der Waals surface area contributed by atoms with Crippen LogP contribution in [-0.2, 0) is 0 Å². The number of aliphatic hydroxyl groups is 1. The van der Waals surface area contributed by atoms with E-state index in [1.165, 1.54) is 57.8 Å². The molecule has 0 aromatic rings. The van der Waals surface area contributed by atoms with Crippen LogP contribution in [0.1, 0.15) is 78.1 Å². The molecule has 4 aliphatic rings. The zero-order chi connectivity index (χ0) is 14.7. The van der Waals surface area contributed by atoms with E-state index >= 15 is 0 Å². The lowest BCUT2D eigenvalue weighted by Gasteiger charge is -2.59. The van der Waals surface area contributed by atoms with Crippen LogP contribution in [0, 0.1) is 28.6 Å². The Morgan fingerprint density at radius 3 is 2.76 bits per heavy atom. The molecule has 0 aromatic carbocycles. The fraction of sp³-hybridized carbons (Fsp3) is 0.900. The summed E-state index contributed by atoms with van der Waals surface area (Å²) < 4.78 is 0. The van der Waals surface area contributed by atoms with Gasteiger partial charge in [-0.25, -0.2) is 0 Å². The van der Waals surface area contributed by atoms with Crippen molar-refractivity contribution in [3.05, 3.63) is 11.6 Å². The Morgan fingerprint density at radius 2 is 1.95 bits per heavy atom. The lowest BCUT2D eigenvalue weighted by Crippen LogP contribution is -2.50. The fourth-order valence-corrected chi connectivity index (χ4v) is 7.16. The van der Waals surface area contributed by atoms with Gasteiger partial charge in [0.25, 0.3) is 0 Å². The maximum atomic E-state index is 10.1. The number of aliphatic hydroxyl groups excluding tert-OH is 1. The lowest BCUT2D eigenvalue weighted by atomic mass is 9.46. The highest BCUT2D eigenvalue weighted by Gasteiger charge is 2.56. The van der Waals surface area contributed by atoms with E-state index in [-0.39, 0.29) is 6.10 Å². The molecule has 0 bridgehead atoms. The van der Waals surface area contributed by atoms with Crippen LogP contribution in [0.4, 0.5) is 0 Å². The molecule has 21 heavy (non-hydrogen) atoms. The first-order chi connectivity index (χ1) is 10.1. The molecule has 4 aliphatic carbocycles. The monoisotopic (exact) mass is 288 g/mol. The molecule has 1 unspecified atom stereocenters. The van der Waals surface area contributed by atoms with Crippen molar-refractivity contribution in [2.24, 2.45) is 28.6 Å². The third kappa shape index (κ3) is 1.92. The van der Waals surface area contributed by atoms with E-state index in [1.54, 1.807) is 5.57 Å². The summed E-state index contributed by atoms with van der Waals surface area (Å²) in [5.41, 5.74) is 2.78. The smallest absolute Gasteiger partial charge is 0.0724 e. The summed E-state index contributed by atoms with van der Waals surface area (Å²) in [6.07, 6.45) is 15.7. The van der Waals surface area contributed by atoms with Gasteiger partial charge in [-0.2, -0.15) is 0 Å². The maximum absolute atomic E-state index is 10.1. The fourth-order valence-electron chi connectivity index (χ4n) is 7.16. The van der Waals surface area contributed by atoms with Crippen LogP contribution in [0.5, 0.6) is 0 Å². The minimum absolute atomic E-state index is 0.156. The zero-order valence-corrected chi connectivity index (χ0v) is 13.9. The van der Waals surface area contributed by atoms with E-state index in [4.69, 9.17) is 0 Å². The minimum Gasteiger partial charge on any atom is -0.389 e. The van der Waals surface area contributed by atoms with Gasteiger partial charge in [-0.1, -0.05) is 31.9 Å². The average Bonchev–Trinajstić information content (AvgIpc) is 2.88. The molecule has 6 atom stereocenters. The van der Waals surface area contributed by atoms with Crippen LogP contribution >= 0.6 is 0 Å². The molecule has 4 rings (SSSR count). The summed E-state index contributed by atoms with van der Waals surface area (Å²) in [7, 11) is 0. The van der Waals surface area contributed by atoms with Gasteiger partial charge < -0.3 is 5.11 Å². The molecule has 1 N–H and O–H groups in total. The molecule has 0 aromatic heterocycles. The van der Waals surface area contributed by atoms with Gasteiger partial charge in [-0.3, -0.25) is 0 Å². The SMILES string of the molecule is CC[C@]12CCC(O)C=C1CC[C@H]1[C@@H]3CCC[C@@]3(C)CC[C@@H]12. The molecule has 0 saturated heterocycles. The predicted molar refractivity (Wildman–Crippen MR) is 86.9 cm³/mol. The normalized spacial score (nSPS) is 52.6. The molecular weight excluding hydrogens is 256 g/mol. The predicted octanol–water partition coefficient (Wildman–Crippen LogP) is 5.09. The summed E-state index contributed by atoms with van der Waals surface area (Å²) in [5.74, 6) is 2.91. The van der Waals surface area contributed by atoms with E-state index < -0.39 is 0 Å². The molecule has 3 fully saturated rings. The van der Waals surface area contributed by atoms with E-state index in [2.05, 4.69) is 19.9 Å². The highest BCUT2D eigenvalue weighted by Crippen LogP contribution is 2.66. The van der Waals surface area contributed by atoms with Gasteiger partial charge in [0.05, 0.1) is 6.10 Å². The molecule has 118 valence electrons. The van der Waals surface area contributed by atoms with Crippen LogP contribution < -0.4 is 0 Å². The summed E-state index contributed by atoms with van der Waals surface area (Å²) in [6, 6.07) is 0. The van der Waals surface area contributed by atoms with Gasteiger partial charge >= 0.3 is 0 Å². The van der Waals surface area contributed by atoms with Gasteiger partial charge in [0.1, 0.15) is 0 Å². The molecule has 0 heterocycles. The third-order valence-corrected chi connectivity index (χ3v) is 8.23. The molecule has 1 heteroatoms. The van der Waals surface area contributed by atoms with Crippen LogP contribution in [0.3, 0.4) is 0 Å². The van der Waals surface area contributed by atoms with Crippen molar-refractivity contribution in [2.45, 2.75) is 84.2 Å². The van der Waals surface area contributed by atoms with Gasteiger partial charge in [-0.15, -0.1) is 0 Å². The Labute approximate surface area is 130 Å². The van der Waals surface area contributed by atoms with Crippen molar-refractivity contribution in [3.63, 3.8) is 0 Å². The van der Waals surface area contributed by atoms with Crippen LogP contribution in [0.15, 0.2) is 11.6 Å². The third-order valence-electron chi connectivity index (χ3n) is 8.23. The summed E-state index contributed by atoms with van der Waals surface area (Å²) in [5, 5.41) is 10.1. The Balaban J connectivity index is 1.70. The number of hydrogen-bond acceptors (Lipinski definition) is 1. The second-order valence-electron chi connectivity index (χ2n) is 8.81. The van der Waals surface area contributed by atoms with Crippen LogP contribution in [-0.4, -0.2) is 11.2 Å². The number of rotatable bonds is 1. The molecule has 1 nitrogen and oxygen atoms in total. The van der Waals surface area contributed by atoms with Crippen molar-refractivity contribution < 1.29 is 5.11 Å². The largest absolute Gasteiger partial charge is 0.389 e. The molecule has 0 spiro atoms. The highest BCUT2D eigenvalue weighted by atomic mass is 16.3. The van der Waals surface area contributed by atoms with Gasteiger partial charge in [0.15, 0.2) is 0 Å². The Morgan fingerprint density at radius 1 is 1.10 bits per heavy atom. The molecule has 0 aliphatic heterocycles. The molecule has 0 radical (unpaired) electrons. The highest BCUT2D eigenvalue weighted by molar-refractivity contribution is 5.26. The number of allylic oxidation sites excluding steroid dienone is 1. The lowest BCUT2D eigenvalue weighted by molar-refractivity contribution is -0.0501. The van der Waals surface area contributed by atoms with E-state index in [0.29, 0.717) is 10.8 Å². The first-order valence-electron chi connectivity index (χ1n) is 9.48. The van der Waals surface area contributed by atoms with Gasteiger partial charge in [0, 0.05) is 0 Å². The van der Waals surface area contributed by atoms with E-state index in [1.807, 2.05) is 0 Å². The average molecular weight is 288 g/mol. The molecular formula is C20H32O. The first-order valence-corrected chi connectivity index (χ1v) is 9.48. The summed E-state index contributed by atoms with van der Waals surface area (Å²) in [4.78, 5) is 0. The first kappa shape index (κ1) is 14.3.